The lowest BCUT2D eigenvalue weighted by molar-refractivity contribution is -0.125. The highest BCUT2D eigenvalue weighted by Gasteiger charge is 2.43. The first kappa shape index (κ1) is 12.8. The first-order valence-corrected chi connectivity index (χ1v) is 6.02. The van der Waals surface area contributed by atoms with Crippen LogP contribution < -0.4 is 11.1 Å². The molecule has 18 heavy (non-hydrogen) atoms. The van der Waals surface area contributed by atoms with Gasteiger partial charge in [-0.1, -0.05) is 6.92 Å². The summed E-state index contributed by atoms with van der Waals surface area (Å²) in [4.78, 5) is 22.3. The van der Waals surface area contributed by atoms with E-state index in [1.165, 1.54) is 6.92 Å². The van der Waals surface area contributed by atoms with Crippen molar-refractivity contribution in [3.8, 4) is 0 Å². The van der Waals surface area contributed by atoms with Gasteiger partial charge in [0.05, 0.1) is 5.57 Å². The van der Waals surface area contributed by atoms with Gasteiger partial charge in [-0.05, 0) is 31.9 Å². The smallest absolute Gasteiger partial charge is 0.249 e. The van der Waals surface area contributed by atoms with Crippen molar-refractivity contribution in [2.45, 2.75) is 32.9 Å². The van der Waals surface area contributed by atoms with Gasteiger partial charge in [0.1, 0.15) is 6.61 Å². The standard InChI is InChI=1S/C13H18N2O3/c1-8(16)7-18-12-9(11(14)17)3-4-10(15-12)13(2)5-6-13/h3-4,12,15H,5-7H2,1-2H3,(H2,14,17)/t12-/m1/s1. The fraction of sp³-hybridized carbons (Fsp3) is 0.538. The summed E-state index contributed by atoms with van der Waals surface area (Å²) in [6, 6.07) is 0. The predicted molar refractivity (Wildman–Crippen MR) is 66.3 cm³/mol. The van der Waals surface area contributed by atoms with Gasteiger partial charge in [-0.15, -0.1) is 0 Å². The number of ether oxygens (including phenoxy) is 1. The lowest BCUT2D eigenvalue weighted by Gasteiger charge is -2.28. The first-order chi connectivity index (χ1) is 8.42. The molecule has 0 radical (unpaired) electrons. The molecule has 98 valence electrons. The molecule has 0 unspecified atom stereocenters. The summed E-state index contributed by atoms with van der Waals surface area (Å²) < 4.78 is 5.40. The number of hydrogen-bond donors (Lipinski definition) is 2. The molecule has 2 aliphatic rings. The van der Waals surface area contributed by atoms with E-state index in [0.717, 1.165) is 18.5 Å². The third-order valence-electron chi connectivity index (χ3n) is 3.39. The minimum Gasteiger partial charge on any atom is -0.366 e. The van der Waals surface area contributed by atoms with Gasteiger partial charge >= 0.3 is 0 Å². The molecule has 1 heterocycles. The minimum absolute atomic E-state index is 0.0354. The lowest BCUT2D eigenvalue weighted by atomic mass is 10.00. The number of nitrogens with one attached hydrogen (secondary N) is 1. The third-order valence-corrected chi connectivity index (χ3v) is 3.39. The molecular weight excluding hydrogens is 232 g/mol. The summed E-state index contributed by atoms with van der Waals surface area (Å²) in [5, 5.41) is 3.16. The van der Waals surface area contributed by atoms with Crippen molar-refractivity contribution in [1.82, 2.24) is 5.32 Å². The van der Waals surface area contributed by atoms with Gasteiger partial charge in [-0.3, -0.25) is 9.59 Å². The Kier molecular flexibility index (Phi) is 3.26. The fourth-order valence-corrected chi connectivity index (χ4v) is 1.90. The number of allylic oxidation sites excluding steroid dienone is 3. The SMILES string of the molecule is CC(=O)CO[C@H]1NC(C2(C)CC2)=CC=C1C(N)=O. The zero-order valence-electron chi connectivity index (χ0n) is 10.7. The van der Waals surface area contributed by atoms with E-state index in [2.05, 4.69) is 12.2 Å². The van der Waals surface area contributed by atoms with Crippen LogP contribution in [0.2, 0.25) is 0 Å². The van der Waals surface area contributed by atoms with Crippen LogP contribution in [0.15, 0.2) is 23.4 Å². The van der Waals surface area contributed by atoms with Crippen LogP contribution in [-0.4, -0.2) is 24.5 Å². The van der Waals surface area contributed by atoms with E-state index in [1.807, 2.05) is 6.08 Å². The molecule has 3 N–H and O–H groups in total. The highest BCUT2D eigenvalue weighted by Crippen LogP contribution is 2.51. The van der Waals surface area contributed by atoms with Crippen LogP contribution >= 0.6 is 0 Å². The molecule has 1 atom stereocenters. The van der Waals surface area contributed by atoms with E-state index < -0.39 is 12.1 Å². The summed E-state index contributed by atoms with van der Waals surface area (Å²) in [7, 11) is 0. The number of amides is 1. The van der Waals surface area contributed by atoms with Crippen LogP contribution in [0.25, 0.3) is 0 Å². The second-order valence-corrected chi connectivity index (χ2v) is 5.16. The van der Waals surface area contributed by atoms with Gasteiger partial charge in [0.15, 0.2) is 12.0 Å². The number of carbonyl (C=O) groups is 2. The highest BCUT2D eigenvalue weighted by molar-refractivity contribution is 5.93. The monoisotopic (exact) mass is 250 g/mol. The lowest BCUT2D eigenvalue weighted by Crippen LogP contribution is -2.42. The minimum atomic E-state index is -0.621. The molecule has 0 bridgehead atoms. The van der Waals surface area contributed by atoms with Gasteiger partial charge in [0.25, 0.3) is 0 Å². The summed E-state index contributed by atoms with van der Waals surface area (Å²) in [5.41, 5.74) is 6.84. The van der Waals surface area contributed by atoms with E-state index in [1.54, 1.807) is 6.08 Å². The van der Waals surface area contributed by atoms with E-state index in [4.69, 9.17) is 10.5 Å². The number of carbonyl (C=O) groups excluding carboxylic acids is 2. The Morgan fingerprint density at radius 2 is 2.17 bits per heavy atom. The quantitative estimate of drug-likeness (QED) is 0.749. The van der Waals surface area contributed by atoms with Crippen molar-refractivity contribution in [1.29, 1.82) is 0 Å². The molecule has 0 aromatic rings. The Morgan fingerprint density at radius 1 is 1.50 bits per heavy atom. The van der Waals surface area contributed by atoms with Crippen LogP contribution in [0.3, 0.4) is 0 Å². The Bertz CT molecular complexity index is 447. The zero-order valence-corrected chi connectivity index (χ0v) is 10.7. The summed E-state index contributed by atoms with van der Waals surface area (Å²) >= 11 is 0. The Balaban J connectivity index is 2.13. The van der Waals surface area contributed by atoms with Crippen LogP contribution in [0.4, 0.5) is 0 Å². The van der Waals surface area contributed by atoms with Crippen molar-refractivity contribution in [3.05, 3.63) is 23.4 Å². The predicted octanol–water partition coefficient (Wildman–Crippen LogP) is 0.617. The summed E-state index contributed by atoms with van der Waals surface area (Å²) in [5.74, 6) is -0.623. The second kappa shape index (κ2) is 4.57. The number of nitrogens with two attached hydrogens (primary N) is 1. The largest absolute Gasteiger partial charge is 0.366 e. The third kappa shape index (κ3) is 2.61. The average Bonchev–Trinajstić information content (AvgIpc) is 3.05. The van der Waals surface area contributed by atoms with E-state index in [0.29, 0.717) is 5.57 Å². The molecule has 1 amide bonds. The molecule has 0 aromatic heterocycles. The van der Waals surface area contributed by atoms with Gasteiger partial charge in [-0.25, -0.2) is 0 Å². The maximum absolute atomic E-state index is 11.3. The fourth-order valence-electron chi connectivity index (χ4n) is 1.90. The van der Waals surface area contributed by atoms with Crippen LogP contribution in [0.5, 0.6) is 0 Å². The molecule has 0 spiro atoms. The molecule has 1 saturated carbocycles. The number of hydrogen-bond acceptors (Lipinski definition) is 4. The maximum Gasteiger partial charge on any atom is 0.249 e. The summed E-state index contributed by atoms with van der Waals surface area (Å²) in [6.07, 6.45) is 5.17. The van der Waals surface area contributed by atoms with Crippen LogP contribution in [0.1, 0.15) is 26.7 Å². The number of Topliss-reactive ketones (excluding diaryl/α,β-unsaturated/α-hetero) is 1. The van der Waals surface area contributed by atoms with Crippen molar-refractivity contribution in [2.24, 2.45) is 11.1 Å². The topological polar surface area (TPSA) is 81.4 Å². The molecule has 1 fully saturated rings. The zero-order chi connectivity index (χ0) is 13.3. The first-order valence-electron chi connectivity index (χ1n) is 6.02. The summed E-state index contributed by atoms with van der Waals surface area (Å²) in [6.45, 7) is 3.55. The molecule has 1 aliphatic carbocycles. The molecule has 5 nitrogen and oxygen atoms in total. The van der Waals surface area contributed by atoms with Crippen molar-refractivity contribution >= 4 is 11.7 Å². The van der Waals surface area contributed by atoms with Gasteiger partial charge in [0.2, 0.25) is 5.91 Å². The molecule has 0 aromatic carbocycles. The maximum atomic E-state index is 11.3. The van der Waals surface area contributed by atoms with E-state index in [-0.39, 0.29) is 17.8 Å². The van der Waals surface area contributed by atoms with Gasteiger partial charge < -0.3 is 15.8 Å². The molecule has 5 heteroatoms. The Morgan fingerprint density at radius 3 is 2.67 bits per heavy atom. The normalized spacial score (nSPS) is 24.7. The van der Waals surface area contributed by atoms with Crippen LogP contribution in [0, 0.1) is 5.41 Å². The number of ketones is 1. The average molecular weight is 250 g/mol. The molecular formula is C13H18N2O3. The Labute approximate surface area is 106 Å². The number of rotatable bonds is 5. The highest BCUT2D eigenvalue weighted by atomic mass is 16.5. The van der Waals surface area contributed by atoms with Crippen LogP contribution in [-0.2, 0) is 14.3 Å². The van der Waals surface area contributed by atoms with E-state index in [9.17, 15) is 9.59 Å². The molecule has 1 aliphatic heterocycles. The van der Waals surface area contributed by atoms with Crippen molar-refractivity contribution in [2.75, 3.05) is 6.61 Å². The van der Waals surface area contributed by atoms with Crippen molar-refractivity contribution < 1.29 is 14.3 Å². The van der Waals surface area contributed by atoms with Gasteiger partial charge in [0, 0.05) is 11.1 Å². The second-order valence-electron chi connectivity index (χ2n) is 5.16. The Hall–Kier alpha value is -1.62. The number of primary amides is 1. The van der Waals surface area contributed by atoms with Crippen molar-refractivity contribution in [3.63, 3.8) is 0 Å². The number of dihydropyridines is 1. The molecule has 2 rings (SSSR count). The molecule has 0 saturated heterocycles. The van der Waals surface area contributed by atoms with Gasteiger partial charge in [-0.2, -0.15) is 0 Å². The van der Waals surface area contributed by atoms with E-state index >= 15 is 0 Å².